The SMILES string of the molecule is COc1ccc(CO[C@@H](CCOC[C@@H](C)S(=O)(=O)N(Cc2ccc(OC)cc2)Cc2ccc(OC)cc2)[C@@H]2CC[C@H]2CN2C[C@@]3(CCCc4cc(Cl)ccc43)COc3ccc(C(=O)OC(C)(C)C)cc32)cc1.COc1ccc(CO[C@@H](CCOC[C@H](C)S(=O)(=O)N(Cc2ccc(OC)cc2)Cc2ccc(OC)cc2)[C@@H]2CC[C@H]2CN2C[C@@]3(CCCc4cc(Cl)ccc43)COc3ccc(C(=O)OC(C)(C)C)cc32)cc1. The van der Waals surface area contributed by atoms with Gasteiger partial charge in [0.15, 0.2) is 0 Å². The van der Waals surface area contributed by atoms with Crippen molar-refractivity contribution in [2.45, 2.75) is 217 Å². The van der Waals surface area contributed by atoms with Gasteiger partial charge in [-0.15, -0.1) is 0 Å². The van der Waals surface area contributed by atoms with Crippen LogP contribution in [0.1, 0.15) is 196 Å². The van der Waals surface area contributed by atoms with Gasteiger partial charge >= 0.3 is 11.9 Å². The van der Waals surface area contributed by atoms with Gasteiger partial charge in [-0.1, -0.05) is 108 Å². The van der Waals surface area contributed by atoms with E-state index in [4.69, 9.17) is 89.5 Å². The number of benzene rings is 10. The van der Waals surface area contributed by atoms with Crippen LogP contribution in [0.5, 0.6) is 46.0 Å². The Morgan fingerprint density at radius 3 is 1.02 bits per heavy atom. The van der Waals surface area contributed by atoms with Crippen LogP contribution in [0.25, 0.3) is 0 Å². The van der Waals surface area contributed by atoms with Gasteiger partial charge in [-0.3, -0.25) is 0 Å². The molecule has 2 fully saturated rings. The Balaban J connectivity index is 0.000000217. The first-order valence-corrected chi connectivity index (χ1v) is 54.1. The minimum atomic E-state index is -3.84. The summed E-state index contributed by atoms with van der Waals surface area (Å²) in [6.07, 6.45) is 10.6. The smallest absolute Gasteiger partial charge is 0.338 e. The van der Waals surface area contributed by atoms with Crippen LogP contribution in [0.3, 0.4) is 0 Å². The molecule has 0 bridgehead atoms. The Morgan fingerprint density at radius 1 is 0.417 bits per heavy atom. The summed E-state index contributed by atoms with van der Waals surface area (Å²) in [5.41, 5.74) is 11.3. The van der Waals surface area contributed by atoms with E-state index in [2.05, 4.69) is 34.1 Å². The number of hydrogen-bond acceptors (Lipinski definition) is 22. The van der Waals surface area contributed by atoms with E-state index < -0.39 is 41.7 Å². The molecular weight excluding hydrogens is 1900 g/mol. The number of carbonyl (C=O) groups excluding carboxylic acids is 2. The lowest BCUT2D eigenvalue weighted by atomic mass is 9.68. The molecule has 0 radical (unpaired) electrons. The second-order valence-corrected chi connectivity index (χ2v) is 46.9. The Labute approximate surface area is 861 Å². The second-order valence-electron chi connectivity index (χ2n) is 41.3. The number of ether oxygens (including phenoxy) is 14. The Morgan fingerprint density at radius 2 is 0.729 bits per heavy atom. The Bertz CT molecular complexity index is 5700. The molecule has 2 saturated carbocycles. The van der Waals surface area contributed by atoms with Crippen LogP contribution < -0.4 is 47.7 Å². The third-order valence-corrected chi connectivity index (χ3v) is 33.7. The predicted octanol–water partition coefficient (Wildman–Crippen LogP) is 22.5. The first kappa shape index (κ1) is 108. The number of sulfonamides is 2. The molecule has 2 heterocycles. The molecule has 6 aliphatic rings. The summed E-state index contributed by atoms with van der Waals surface area (Å²) in [5.74, 6) is 5.95. The maximum Gasteiger partial charge on any atom is 0.338 e. The van der Waals surface area contributed by atoms with Gasteiger partial charge < -0.3 is 76.1 Å². The largest absolute Gasteiger partial charge is 0.497 e. The molecule has 772 valence electrons. The van der Waals surface area contributed by atoms with Crippen molar-refractivity contribution in [3.63, 3.8) is 0 Å². The van der Waals surface area contributed by atoms with Crippen LogP contribution in [-0.4, -0.2) is 180 Å². The average Bonchev–Trinajstić information content (AvgIpc) is 1.57. The number of hydrogen-bond donors (Lipinski definition) is 0. The Kier molecular flexibility index (Phi) is 36.1. The number of methoxy groups -OCH3 is 6. The lowest BCUT2D eigenvalue weighted by Crippen LogP contribution is -2.50. The van der Waals surface area contributed by atoms with E-state index >= 15 is 0 Å². The molecule has 2 aliphatic heterocycles. The summed E-state index contributed by atoms with van der Waals surface area (Å²) in [7, 11) is 2.05. The van der Waals surface area contributed by atoms with E-state index in [-0.39, 0.29) is 98.0 Å². The van der Waals surface area contributed by atoms with Crippen molar-refractivity contribution in [2.75, 3.05) is 118 Å². The number of carbonyl (C=O) groups is 2. The summed E-state index contributed by atoms with van der Waals surface area (Å²) in [5, 5.41) is -0.185. The number of rotatable bonds is 42. The molecule has 4 aliphatic carbocycles. The van der Waals surface area contributed by atoms with Crippen molar-refractivity contribution < 1.29 is 92.7 Å². The number of esters is 2. The maximum atomic E-state index is 14.5. The zero-order valence-corrected chi connectivity index (χ0v) is 88.9. The molecule has 0 N–H and O–H groups in total. The minimum absolute atomic E-state index is 0.0165. The van der Waals surface area contributed by atoms with Gasteiger partial charge in [0.1, 0.15) is 57.2 Å². The first-order chi connectivity index (χ1) is 69.1. The average molecular weight is 2050 g/mol. The van der Waals surface area contributed by atoms with Crippen molar-refractivity contribution >= 4 is 66.6 Å². The highest BCUT2D eigenvalue weighted by Crippen LogP contribution is 2.51. The number of aryl methyl sites for hydroxylation is 2. The van der Waals surface area contributed by atoms with Crippen molar-refractivity contribution in [3.8, 4) is 46.0 Å². The maximum absolute atomic E-state index is 14.5. The first-order valence-electron chi connectivity index (χ1n) is 50.3. The summed E-state index contributed by atoms with van der Waals surface area (Å²) in [6.45, 7) is 20.8. The fourth-order valence-electron chi connectivity index (χ4n) is 20.8. The van der Waals surface area contributed by atoms with Gasteiger partial charge in [-0.05, 0) is 345 Å². The van der Waals surface area contributed by atoms with Crippen LogP contribution in [0.4, 0.5) is 11.4 Å². The minimum Gasteiger partial charge on any atom is -0.497 e. The number of nitrogens with zero attached hydrogens (tertiary/aromatic N) is 4. The lowest BCUT2D eigenvalue weighted by molar-refractivity contribution is -0.0655. The molecule has 0 aromatic heterocycles. The molecule has 144 heavy (non-hydrogen) atoms. The topological polar surface area (TPSA) is 245 Å². The van der Waals surface area contributed by atoms with Crippen molar-refractivity contribution in [3.05, 3.63) is 295 Å². The monoisotopic (exact) mass is 2040 g/mol. The van der Waals surface area contributed by atoms with Crippen LogP contribution in [0.2, 0.25) is 10.0 Å². The molecule has 0 unspecified atom stereocenters. The van der Waals surface area contributed by atoms with Gasteiger partial charge in [0.2, 0.25) is 20.0 Å². The van der Waals surface area contributed by atoms with Crippen molar-refractivity contribution in [1.29, 1.82) is 0 Å². The van der Waals surface area contributed by atoms with Crippen molar-refractivity contribution in [1.82, 2.24) is 8.61 Å². The number of halogens is 2. The van der Waals surface area contributed by atoms with Gasteiger partial charge in [0, 0.05) is 86.4 Å². The highest BCUT2D eigenvalue weighted by molar-refractivity contribution is 7.90. The molecular formula is C116H142Cl2N4O20S2. The van der Waals surface area contributed by atoms with Gasteiger partial charge in [-0.25, -0.2) is 26.4 Å². The molecule has 10 atom stereocenters. The zero-order valence-electron chi connectivity index (χ0n) is 85.7. The fourth-order valence-corrected chi connectivity index (χ4v) is 24.1. The Hall–Kier alpha value is -10.6. The van der Waals surface area contributed by atoms with E-state index in [0.717, 1.165) is 155 Å². The summed E-state index contributed by atoms with van der Waals surface area (Å²) < 4.78 is 145. The predicted molar refractivity (Wildman–Crippen MR) is 564 cm³/mol. The number of anilines is 2. The van der Waals surface area contributed by atoms with Gasteiger partial charge in [-0.2, -0.15) is 8.61 Å². The standard InChI is InChI=1S/2C58H71ClN2O10S/c2*1-40(72(63,64)61(33-41-10-19-48(65-5)20-11-41)34-42-12-21-49(66-6)22-13-42)36-68-30-28-54(69-37-43-14-23-50(67-7)24-15-43)51-25-16-46(51)35-60-38-58(29-8-9-44-31-47(59)18-26-52(44)58)39-70-55-27-17-45(32-53(55)60)56(62)71-57(2,3)4/h2*10-15,17-24,26-27,31-32,40,46,51,54H,8-9,16,25,28-30,33-39H2,1-7H3/t40-,46+,51-,54+,58+;40-,46-,51+,54-,58-/m10/s1. The summed E-state index contributed by atoms with van der Waals surface area (Å²) in [4.78, 5) is 32.0. The number of fused-ring (bicyclic) bond motifs is 6. The molecule has 10 aromatic carbocycles. The molecule has 10 aromatic rings. The van der Waals surface area contributed by atoms with E-state index in [0.29, 0.717) is 99.7 Å². The van der Waals surface area contributed by atoms with Crippen molar-refractivity contribution in [2.24, 2.45) is 23.7 Å². The fraction of sp³-hybridized carbons (Fsp3) is 0.466. The molecule has 0 saturated heterocycles. The zero-order chi connectivity index (χ0) is 102. The molecule has 28 heteroatoms. The van der Waals surface area contributed by atoms with E-state index in [9.17, 15) is 26.4 Å². The third-order valence-electron chi connectivity index (χ3n) is 29.0. The summed E-state index contributed by atoms with van der Waals surface area (Å²) in [6, 6.07) is 69.5. The van der Waals surface area contributed by atoms with Crippen LogP contribution in [0, 0.1) is 23.7 Å². The highest BCUT2D eigenvalue weighted by atomic mass is 35.5. The normalized spacial score (nSPS) is 19.5. The third kappa shape index (κ3) is 27.4. The van der Waals surface area contributed by atoms with E-state index in [1.165, 1.54) is 30.9 Å². The van der Waals surface area contributed by atoms with Crippen LogP contribution in [0.15, 0.2) is 218 Å². The van der Waals surface area contributed by atoms with E-state index in [1.54, 1.807) is 68.6 Å². The summed E-state index contributed by atoms with van der Waals surface area (Å²) >= 11 is 13.1. The molecule has 2 spiro atoms. The second kappa shape index (κ2) is 48.4. The van der Waals surface area contributed by atoms with Crippen LogP contribution >= 0.6 is 23.2 Å². The molecule has 16 rings (SSSR count). The van der Waals surface area contributed by atoms with Gasteiger partial charge in [0.25, 0.3) is 0 Å². The van der Waals surface area contributed by atoms with Crippen LogP contribution in [-0.2, 0) is 112 Å². The lowest BCUT2D eigenvalue weighted by Gasteiger charge is -2.46. The molecule has 0 amide bonds. The quantitative estimate of drug-likeness (QED) is 0.0255. The molecule has 24 nitrogen and oxygen atoms in total. The van der Waals surface area contributed by atoms with Gasteiger partial charge in [0.05, 0.1) is 128 Å². The van der Waals surface area contributed by atoms with E-state index in [1.807, 2.05) is 224 Å². The highest BCUT2D eigenvalue weighted by Gasteiger charge is 2.48.